The Balaban J connectivity index is 1.83. The third kappa shape index (κ3) is 4.35. The maximum absolute atomic E-state index is 11.9. The lowest BCUT2D eigenvalue weighted by molar-refractivity contribution is -0.121. The van der Waals surface area contributed by atoms with Gasteiger partial charge in [0.25, 0.3) is 0 Å². The Morgan fingerprint density at radius 1 is 1.30 bits per heavy atom. The topological polar surface area (TPSA) is 42.0 Å². The van der Waals surface area contributed by atoms with Gasteiger partial charge in [-0.3, -0.25) is 9.78 Å². The summed E-state index contributed by atoms with van der Waals surface area (Å²) < 4.78 is 0. The van der Waals surface area contributed by atoms with Gasteiger partial charge in [0.05, 0.1) is 6.04 Å². The van der Waals surface area contributed by atoms with Crippen LogP contribution in [-0.2, 0) is 11.2 Å². The van der Waals surface area contributed by atoms with Crippen LogP contribution in [0.5, 0.6) is 0 Å². The second kappa shape index (κ2) is 7.06. The Morgan fingerprint density at radius 3 is 2.70 bits per heavy atom. The molecule has 3 nitrogen and oxygen atoms in total. The van der Waals surface area contributed by atoms with E-state index in [9.17, 15) is 4.79 Å². The molecule has 1 unspecified atom stereocenters. The third-order valence-corrected chi connectivity index (χ3v) is 3.36. The molecule has 1 heterocycles. The van der Waals surface area contributed by atoms with Gasteiger partial charge in [-0.1, -0.05) is 29.8 Å². The first-order chi connectivity index (χ1) is 9.65. The van der Waals surface area contributed by atoms with E-state index in [2.05, 4.69) is 10.3 Å². The Labute approximate surface area is 124 Å². The van der Waals surface area contributed by atoms with Gasteiger partial charge in [-0.25, -0.2) is 0 Å². The van der Waals surface area contributed by atoms with E-state index in [0.29, 0.717) is 17.9 Å². The summed E-state index contributed by atoms with van der Waals surface area (Å²) in [5, 5.41) is 3.68. The highest BCUT2D eigenvalue weighted by Gasteiger charge is 2.09. The van der Waals surface area contributed by atoms with E-state index < -0.39 is 0 Å². The van der Waals surface area contributed by atoms with Crippen LogP contribution in [0.1, 0.15) is 30.5 Å². The molecule has 0 saturated heterocycles. The maximum Gasteiger partial charge on any atom is 0.220 e. The second-order valence-electron chi connectivity index (χ2n) is 4.70. The van der Waals surface area contributed by atoms with Crippen molar-refractivity contribution in [1.82, 2.24) is 10.3 Å². The smallest absolute Gasteiger partial charge is 0.220 e. The van der Waals surface area contributed by atoms with Crippen LogP contribution in [0.3, 0.4) is 0 Å². The highest BCUT2D eigenvalue weighted by molar-refractivity contribution is 6.30. The minimum Gasteiger partial charge on any atom is -0.350 e. The van der Waals surface area contributed by atoms with Gasteiger partial charge in [-0.2, -0.15) is 0 Å². The lowest BCUT2D eigenvalue weighted by Crippen LogP contribution is -2.26. The van der Waals surface area contributed by atoms with Gasteiger partial charge in [0, 0.05) is 23.8 Å². The predicted octanol–water partition coefficient (Wildman–Crippen LogP) is 3.55. The van der Waals surface area contributed by atoms with Crippen LogP contribution in [0.25, 0.3) is 0 Å². The summed E-state index contributed by atoms with van der Waals surface area (Å²) >= 11 is 5.85. The summed E-state index contributed by atoms with van der Waals surface area (Å²) in [6, 6.07) is 11.3. The second-order valence-corrected chi connectivity index (χ2v) is 5.14. The summed E-state index contributed by atoms with van der Waals surface area (Å²) in [5.41, 5.74) is 2.12. The minimum atomic E-state index is -0.0198. The summed E-state index contributed by atoms with van der Waals surface area (Å²) in [6.45, 7) is 1.96. The number of hydrogen-bond donors (Lipinski definition) is 1. The summed E-state index contributed by atoms with van der Waals surface area (Å²) in [7, 11) is 0. The van der Waals surface area contributed by atoms with Crippen molar-refractivity contribution < 1.29 is 4.79 Å². The number of rotatable bonds is 5. The zero-order valence-corrected chi connectivity index (χ0v) is 12.1. The highest BCUT2D eigenvalue weighted by atomic mass is 35.5. The molecule has 0 radical (unpaired) electrons. The molecule has 0 aliphatic carbocycles. The fourth-order valence-corrected chi connectivity index (χ4v) is 2.08. The molecule has 1 aromatic carbocycles. The molecule has 2 rings (SSSR count). The number of amides is 1. The molecule has 1 atom stereocenters. The molecule has 1 aromatic heterocycles. The molecular formula is C16H17ClN2O. The fourth-order valence-electron chi connectivity index (χ4n) is 1.95. The molecule has 0 aliphatic rings. The zero-order valence-electron chi connectivity index (χ0n) is 11.3. The monoisotopic (exact) mass is 288 g/mol. The first-order valence-corrected chi connectivity index (χ1v) is 6.96. The van der Waals surface area contributed by atoms with E-state index in [1.54, 1.807) is 12.4 Å². The molecule has 1 N–H and O–H groups in total. The van der Waals surface area contributed by atoms with Crippen molar-refractivity contribution >= 4 is 17.5 Å². The van der Waals surface area contributed by atoms with Gasteiger partial charge in [0.2, 0.25) is 5.91 Å². The van der Waals surface area contributed by atoms with Crippen molar-refractivity contribution in [3.63, 3.8) is 0 Å². The third-order valence-electron chi connectivity index (χ3n) is 3.11. The Bertz CT molecular complexity index is 554. The number of halogens is 1. The van der Waals surface area contributed by atoms with Gasteiger partial charge in [-0.05, 0) is 42.7 Å². The number of carbonyl (C=O) groups is 1. The molecule has 1 amide bonds. The molecule has 0 bridgehead atoms. The highest BCUT2D eigenvalue weighted by Crippen LogP contribution is 2.16. The summed E-state index contributed by atoms with van der Waals surface area (Å²) in [4.78, 5) is 15.9. The van der Waals surface area contributed by atoms with Crippen molar-refractivity contribution in [2.75, 3.05) is 0 Å². The molecule has 104 valence electrons. The van der Waals surface area contributed by atoms with Crippen molar-refractivity contribution in [1.29, 1.82) is 0 Å². The fraction of sp³-hybridized carbons (Fsp3) is 0.250. The van der Waals surface area contributed by atoms with E-state index in [1.807, 2.05) is 43.3 Å². The average Bonchev–Trinajstić information content (AvgIpc) is 2.47. The normalized spacial score (nSPS) is 11.9. The largest absolute Gasteiger partial charge is 0.350 e. The van der Waals surface area contributed by atoms with Crippen LogP contribution in [-0.4, -0.2) is 10.9 Å². The van der Waals surface area contributed by atoms with Crippen molar-refractivity contribution in [2.45, 2.75) is 25.8 Å². The molecule has 0 saturated carbocycles. The van der Waals surface area contributed by atoms with Crippen LogP contribution in [0.4, 0.5) is 0 Å². The quantitative estimate of drug-likeness (QED) is 0.914. The number of aryl methyl sites for hydroxylation is 1. The Morgan fingerprint density at radius 2 is 2.05 bits per heavy atom. The SMILES string of the molecule is CC(NC(=O)CCc1cccnc1)c1ccc(Cl)cc1. The number of pyridine rings is 1. The lowest BCUT2D eigenvalue weighted by atomic mass is 10.1. The predicted molar refractivity (Wildman–Crippen MR) is 80.6 cm³/mol. The van der Waals surface area contributed by atoms with Gasteiger partial charge < -0.3 is 5.32 Å². The number of aromatic nitrogens is 1. The standard InChI is InChI=1S/C16H17ClN2O/c1-12(14-5-7-15(17)8-6-14)19-16(20)9-4-13-3-2-10-18-11-13/h2-3,5-8,10-12H,4,9H2,1H3,(H,19,20). The number of carbonyl (C=O) groups excluding carboxylic acids is 1. The van der Waals surface area contributed by atoms with Crippen molar-refractivity contribution in [3.05, 3.63) is 64.9 Å². The van der Waals surface area contributed by atoms with Crippen molar-refractivity contribution in [3.8, 4) is 0 Å². The zero-order chi connectivity index (χ0) is 14.4. The average molecular weight is 289 g/mol. The van der Waals surface area contributed by atoms with Gasteiger partial charge in [0.1, 0.15) is 0 Å². The first kappa shape index (κ1) is 14.5. The molecule has 4 heteroatoms. The number of nitrogens with zero attached hydrogens (tertiary/aromatic N) is 1. The van der Waals surface area contributed by atoms with Crippen LogP contribution in [0.15, 0.2) is 48.8 Å². The summed E-state index contributed by atoms with van der Waals surface area (Å²) in [6.07, 6.45) is 4.68. The number of hydrogen-bond acceptors (Lipinski definition) is 2. The van der Waals surface area contributed by atoms with Crippen LogP contribution >= 0.6 is 11.6 Å². The van der Waals surface area contributed by atoms with Crippen LogP contribution < -0.4 is 5.32 Å². The summed E-state index contributed by atoms with van der Waals surface area (Å²) in [5.74, 6) is 0.0382. The number of nitrogens with one attached hydrogen (secondary N) is 1. The first-order valence-electron chi connectivity index (χ1n) is 6.59. The van der Waals surface area contributed by atoms with Crippen LogP contribution in [0, 0.1) is 0 Å². The van der Waals surface area contributed by atoms with Crippen LogP contribution in [0.2, 0.25) is 5.02 Å². The van der Waals surface area contributed by atoms with Gasteiger partial charge in [-0.15, -0.1) is 0 Å². The van der Waals surface area contributed by atoms with Gasteiger partial charge in [0.15, 0.2) is 0 Å². The lowest BCUT2D eigenvalue weighted by Gasteiger charge is -2.14. The molecule has 2 aromatic rings. The van der Waals surface area contributed by atoms with E-state index in [4.69, 9.17) is 11.6 Å². The molecule has 0 spiro atoms. The Hall–Kier alpha value is -1.87. The van der Waals surface area contributed by atoms with E-state index in [1.165, 1.54) is 0 Å². The van der Waals surface area contributed by atoms with Gasteiger partial charge >= 0.3 is 0 Å². The van der Waals surface area contributed by atoms with E-state index in [0.717, 1.165) is 11.1 Å². The number of benzene rings is 1. The van der Waals surface area contributed by atoms with Crippen molar-refractivity contribution in [2.24, 2.45) is 0 Å². The molecular weight excluding hydrogens is 272 g/mol. The maximum atomic E-state index is 11.9. The molecule has 0 aliphatic heterocycles. The van der Waals surface area contributed by atoms with E-state index >= 15 is 0 Å². The Kier molecular flexibility index (Phi) is 5.13. The van der Waals surface area contributed by atoms with E-state index in [-0.39, 0.29) is 11.9 Å². The molecule has 20 heavy (non-hydrogen) atoms. The molecule has 0 fully saturated rings. The minimum absolute atomic E-state index is 0.0198.